The van der Waals surface area contributed by atoms with Crippen molar-refractivity contribution in [3.8, 4) is 0 Å². The monoisotopic (exact) mass is 447 g/mol. The number of amides is 2. The summed E-state index contributed by atoms with van der Waals surface area (Å²) in [6.45, 7) is 0.983. The summed E-state index contributed by atoms with van der Waals surface area (Å²) in [5.41, 5.74) is 2.94. The topological polar surface area (TPSA) is 111 Å². The number of aromatic nitrogens is 3. The van der Waals surface area contributed by atoms with Crippen LogP contribution in [0.5, 0.6) is 0 Å². The number of aliphatic hydroxyl groups is 1. The highest BCUT2D eigenvalue weighted by atomic mass is 19.1. The van der Waals surface area contributed by atoms with E-state index in [1.54, 1.807) is 11.0 Å². The largest absolute Gasteiger partial charge is 0.395 e. The Labute approximate surface area is 188 Å². The molecule has 0 saturated carbocycles. The highest BCUT2D eigenvalue weighted by Gasteiger charge is 2.31. The number of para-hydroxylation sites is 1. The van der Waals surface area contributed by atoms with Gasteiger partial charge in [-0.25, -0.2) is 9.37 Å². The average molecular weight is 447 g/mol. The number of hydrogen-bond acceptors (Lipinski definition) is 5. The van der Waals surface area contributed by atoms with Crippen molar-refractivity contribution in [1.82, 2.24) is 25.2 Å². The first-order valence-electron chi connectivity index (χ1n) is 10.8. The highest BCUT2D eigenvalue weighted by molar-refractivity contribution is 6.06. The van der Waals surface area contributed by atoms with Crippen molar-refractivity contribution in [2.24, 2.45) is 0 Å². The van der Waals surface area contributed by atoms with E-state index in [4.69, 9.17) is 10.1 Å². The maximum absolute atomic E-state index is 13.5. The lowest BCUT2D eigenvalue weighted by Crippen LogP contribution is -2.29. The van der Waals surface area contributed by atoms with Gasteiger partial charge in [-0.2, -0.15) is 0 Å². The Morgan fingerprint density at radius 1 is 1.15 bits per heavy atom. The molecule has 5 rings (SSSR count). The molecule has 1 aliphatic rings. The lowest BCUT2D eigenvalue weighted by Gasteiger charge is -2.16. The van der Waals surface area contributed by atoms with Crippen LogP contribution in [-0.4, -0.2) is 63.0 Å². The van der Waals surface area contributed by atoms with Crippen LogP contribution in [0.4, 0.5) is 4.39 Å². The fourth-order valence-electron chi connectivity index (χ4n) is 4.28. The van der Waals surface area contributed by atoms with E-state index in [2.05, 4.69) is 15.3 Å². The summed E-state index contributed by atoms with van der Waals surface area (Å²) in [5, 5.41) is 12.5. The van der Waals surface area contributed by atoms with E-state index in [1.807, 2.05) is 24.3 Å². The van der Waals surface area contributed by atoms with E-state index in [0.717, 1.165) is 11.1 Å². The summed E-state index contributed by atoms with van der Waals surface area (Å²) in [5.74, 6) is -0.788. The number of carbonyl (C=O) groups is 2. The van der Waals surface area contributed by atoms with Crippen molar-refractivity contribution in [1.29, 1.82) is 0 Å². The summed E-state index contributed by atoms with van der Waals surface area (Å²) >= 11 is 0. The van der Waals surface area contributed by atoms with Crippen LogP contribution in [0.3, 0.4) is 0 Å². The quantitative estimate of drug-likeness (QED) is 0.436. The molecule has 0 bridgehead atoms. The Balaban J connectivity index is 1.40. The average Bonchev–Trinajstić information content (AvgIpc) is 3.48. The molecule has 4 aromatic rings. The van der Waals surface area contributed by atoms with Crippen molar-refractivity contribution in [2.75, 3.05) is 26.2 Å². The number of aliphatic hydroxyl groups excluding tert-OH is 1. The fraction of sp³-hybridized carbons (Fsp3) is 0.250. The van der Waals surface area contributed by atoms with Gasteiger partial charge in [-0.1, -0.05) is 18.2 Å². The van der Waals surface area contributed by atoms with Crippen LogP contribution in [0.15, 0.2) is 48.5 Å². The number of rotatable bonds is 5. The van der Waals surface area contributed by atoms with E-state index in [0.29, 0.717) is 41.6 Å². The number of likely N-dealkylation sites (tertiary alicyclic amines) is 1. The zero-order valence-corrected chi connectivity index (χ0v) is 17.7. The van der Waals surface area contributed by atoms with Crippen molar-refractivity contribution in [3.05, 3.63) is 71.4 Å². The van der Waals surface area contributed by atoms with E-state index < -0.39 is 5.82 Å². The molecule has 2 aromatic heterocycles. The zero-order valence-electron chi connectivity index (χ0n) is 17.7. The van der Waals surface area contributed by atoms with Gasteiger partial charge in [0.25, 0.3) is 11.8 Å². The second-order valence-electron chi connectivity index (χ2n) is 8.07. The molecule has 0 spiro atoms. The molecule has 0 radical (unpaired) electrons. The Hall–Kier alpha value is -3.85. The molecule has 2 amide bonds. The number of nitrogens with one attached hydrogen (secondary N) is 2. The molecule has 1 fully saturated rings. The summed E-state index contributed by atoms with van der Waals surface area (Å²) in [4.78, 5) is 39.4. The van der Waals surface area contributed by atoms with Crippen LogP contribution < -0.4 is 5.32 Å². The molecule has 2 aromatic carbocycles. The van der Waals surface area contributed by atoms with Crippen molar-refractivity contribution in [3.63, 3.8) is 0 Å². The molecule has 1 aliphatic heterocycles. The van der Waals surface area contributed by atoms with Gasteiger partial charge < -0.3 is 20.3 Å². The number of hydrogen-bond donors (Lipinski definition) is 3. The van der Waals surface area contributed by atoms with Crippen LogP contribution in [0.25, 0.3) is 21.9 Å². The third-order valence-corrected chi connectivity index (χ3v) is 5.92. The number of carbonyl (C=O) groups excluding carboxylic acids is 2. The van der Waals surface area contributed by atoms with E-state index in [-0.39, 0.29) is 36.7 Å². The molecule has 1 atom stereocenters. The summed E-state index contributed by atoms with van der Waals surface area (Å²) in [6, 6.07) is 13.3. The Kier molecular flexibility index (Phi) is 5.47. The molecule has 1 saturated heterocycles. The Morgan fingerprint density at radius 3 is 2.85 bits per heavy atom. The third-order valence-electron chi connectivity index (χ3n) is 5.92. The SMILES string of the molecule is O=C(NCCO)c1cc(C2CCN(C(=O)c3nc4ccc(F)cc4[nH]3)C2)nc2ccccc12. The fourth-order valence-corrected chi connectivity index (χ4v) is 4.28. The molecule has 0 aliphatic carbocycles. The molecule has 168 valence electrons. The molecule has 1 unspecified atom stereocenters. The molecular weight excluding hydrogens is 425 g/mol. The normalized spacial score (nSPS) is 15.9. The van der Waals surface area contributed by atoms with E-state index in [9.17, 15) is 14.0 Å². The van der Waals surface area contributed by atoms with E-state index in [1.165, 1.54) is 18.2 Å². The molecule has 9 heteroatoms. The van der Waals surface area contributed by atoms with Gasteiger partial charge in [0.05, 0.1) is 28.7 Å². The second-order valence-corrected chi connectivity index (χ2v) is 8.07. The van der Waals surface area contributed by atoms with Crippen molar-refractivity contribution >= 4 is 33.8 Å². The van der Waals surface area contributed by atoms with Gasteiger partial charge in [0.15, 0.2) is 5.82 Å². The highest BCUT2D eigenvalue weighted by Crippen LogP contribution is 2.30. The summed E-state index contributed by atoms with van der Waals surface area (Å²) in [7, 11) is 0. The first-order chi connectivity index (χ1) is 16.0. The van der Waals surface area contributed by atoms with Crippen molar-refractivity contribution < 1.29 is 19.1 Å². The van der Waals surface area contributed by atoms with Crippen LogP contribution >= 0.6 is 0 Å². The number of aromatic amines is 1. The second kappa shape index (κ2) is 8.59. The van der Waals surface area contributed by atoms with Gasteiger partial charge >= 0.3 is 0 Å². The number of pyridine rings is 1. The smallest absolute Gasteiger partial charge is 0.289 e. The zero-order chi connectivity index (χ0) is 22.9. The third kappa shape index (κ3) is 4.03. The summed E-state index contributed by atoms with van der Waals surface area (Å²) in [6.07, 6.45) is 0.698. The number of nitrogens with zero attached hydrogens (tertiary/aromatic N) is 3. The minimum Gasteiger partial charge on any atom is -0.395 e. The first-order valence-corrected chi connectivity index (χ1v) is 10.8. The molecule has 3 N–H and O–H groups in total. The maximum atomic E-state index is 13.5. The predicted molar refractivity (Wildman–Crippen MR) is 120 cm³/mol. The predicted octanol–water partition coefficient (Wildman–Crippen LogP) is 2.60. The van der Waals surface area contributed by atoms with Gasteiger partial charge in [-0.05, 0) is 36.8 Å². The van der Waals surface area contributed by atoms with Gasteiger partial charge in [0, 0.05) is 36.6 Å². The van der Waals surface area contributed by atoms with Crippen LogP contribution in [0, 0.1) is 5.82 Å². The number of benzene rings is 2. The van der Waals surface area contributed by atoms with Crippen LogP contribution in [0.1, 0.15) is 39.0 Å². The first kappa shape index (κ1) is 21.0. The minimum absolute atomic E-state index is 0.0372. The van der Waals surface area contributed by atoms with Gasteiger partial charge in [-0.15, -0.1) is 0 Å². The number of halogens is 1. The van der Waals surface area contributed by atoms with Gasteiger partial charge in [0.1, 0.15) is 5.82 Å². The number of fused-ring (bicyclic) bond motifs is 2. The lowest BCUT2D eigenvalue weighted by atomic mass is 9.99. The van der Waals surface area contributed by atoms with E-state index >= 15 is 0 Å². The minimum atomic E-state index is -0.396. The van der Waals surface area contributed by atoms with Crippen molar-refractivity contribution in [2.45, 2.75) is 12.3 Å². The summed E-state index contributed by atoms with van der Waals surface area (Å²) < 4.78 is 13.5. The van der Waals surface area contributed by atoms with Gasteiger partial charge in [-0.3, -0.25) is 14.6 Å². The van der Waals surface area contributed by atoms with Crippen LogP contribution in [-0.2, 0) is 0 Å². The maximum Gasteiger partial charge on any atom is 0.289 e. The Morgan fingerprint density at radius 2 is 2.00 bits per heavy atom. The number of H-pyrrole nitrogens is 1. The molecule has 8 nitrogen and oxygen atoms in total. The standard InChI is InChI=1S/C24H22FN5O3/c25-15-5-6-19-21(11-15)29-22(28-19)24(33)30-9-7-14(13-30)20-12-17(23(32)26-8-10-31)16-3-1-2-4-18(16)27-20/h1-6,11-12,14,31H,7-10,13H2,(H,26,32)(H,28,29). The molecule has 3 heterocycles. The lowest BCUT2D eigenvalue weighted by molar-refractivity contribution is 0.0779. The molecule has 33 heavy (non-hydrogen) atoms. The van der Waals surface area contributed by atoms with Gasteiger partial charge in [0.2, 0.25) is 0 Å². The van der Waals surface area contributed by atoms with Crippen LogP contribution in [0.2, 0.25) is 0 Å². The Bertz CT molecular complexity index is 1370. The number of imidazole rings is 1. The molecular formula is C24H22FN5O3.